The van der Waals surface area contributed by atoms with Crippen LogP contribution in [-0.4, -0.2) is 22.7 Å². The van der Waals surface area contributed by atoms with Crippen molar-refractivity contribution in [2.75, 3.05) is 13.3 Å². The molecule has 0 aliphatic carbocycles. The number of ether oxygens (including phenoxy) is 2. The van der Waals surface area contributed by atoms with E-state index < -0.39 is 0 Å². The van der Waals surface area contributed by atoms with Gasteiger partial charge in [-0.05, 0) is 38.6 Å². The normalized spacial score (nSPS) is 13.2. The van der Waals surface area contributed by atoms with E-state index in [1.807, 2.05) is 18.2 Å². The molecule has 114 valence electrons. The first-order valence-electron chi connectivity index (χ1n) is 7.26. The smallest absolute Gasteiger partial charge is 0.231 e. The highest BCUT2D eigenvalue weighted by Crippen LogP contribution is 2.38. The number of nitrogens with two attached hydrogens (primary N) is 1. The highest BCUT2D eigenvalue weighted by atomic mass is 32.1. The molecule has 3 heterocycles. The van der Waals surface area contributed by atoms with Crippen LogP contribution in [0.5, 0.6) is 11.5 Å². The molecule has 1 aromatic carbocycles. The lowest BCUT2D eigenvalue weighted by molar-refractivity contribution is 0.174. The third-order valence-electron chi connectivity index (χ3n) is 4.06. The summed E-state index contributed by atoms with van der Waals surface area (Å²) in [5, 5.41) is 0. The van der Waals surface area contributed by atoms with Crippen molar-refractivity contribution in [3.63, 3.8) is 0 Å². The van der Waals surface area contributed by atoms with Crippen LogP contribution >= 0.6 is 11.3 Å². The number of fused-ring (bicyclic) bond motifs is 2. The summed E-state index contributed by atoms with van der Waals surface area (Å²) in [4.78, 5) is 7.15. The second-order valence-corrected chi connectivity index (χ2v) is 6.56. The molecule has 0 fully saturated rings. The van der Waals surface area contributed by atoms with Crippen molar-refractivity contribution in [2.24, 2.45) is 5.73 Å². The summed E-state index contributed by atoms with van der Waals surface area (Å²) in [5.74, 6) is 1.57. The fraction of sp³-hybridized carbons (Fsp3) is 0.312. The van der Waals surface area contributed by atoms with Gasteiger partial charge >= 0.3 is 0 Å². The summed E-state index contributed by atoms with van der Waals surface area (Å²) in [6.07, 6.45) is 0.794. The van der Waals surface area contributed by atoms with E-state index >= 15 is 0 Å². The lowest BCUT2D eigenvalue weighted by Gasteiger charge is -2.06. The summed E-state index contributed by atoms with van der Waals surface area (Å²) in [6.45, 7) is 5.13. The molecule has 6 heteroatoms. The van der Waals surface area contributed by atoms with Gasteiger partial charge < -0.3 is 15.2 Å². The minimum Gasteiger partial charge on any atom is -0.454 e. The second-order valence-electron chi connectivity index (χ2n) is 5.38. The molecule has 4 rings (SSSR count). The molecule has 0 saturated heterocycles. The molecule has 0 atom stereocenters. The minimum absolute atomic E-state index is 0.283. The average molecular weight is 315 g/mol. The lowest BCUT2D eigenvalue weighted by atomic mass is 10.1. The highest BCUT2D eigenvalue weighted by molar-refractivity contribution is 7.17. The van der Waals surface area contributed by atoms with Crippen molar-refractivity contribution >= 4 is 16.3 Å². The van der Waals surface area contributed by atoms with Gasteiger partial charge in [-0.25, -0.2) is 4.98 Å². The number of hydrogen-bond donors (Lipinski definition) is 1. The van der Waals surface area contributed by atoms with Crippen molar-refractivity contribution in [1.29, 1.82) is 0 Å². The van der Waals surface area contributed by atoms with Crippen LogP contribution < -0.4 is 15.2 Å². The van der Waals surface area contributed by atoms with E-state index in [1.165, 1.54) is 16.3 Å². The monoisotopic (exact) mass is 315 g/mol. The Hall–Kier alpha value is -2.05. The van der Waals surface area contributed by atoms with Crippen LogP contribution in [0.15, 0.2) is 18.2 Å². The Morgan fingerprint density at radius 3 is 2.91 bits per heavy atom. The summed E-state index contributed by atoms with van der Waals surface area (Å²) >= 11 is 1.71. The quantitative estimate of drug-likeness (QED) is 0.807. The summed E-state index contributed by atoms with van der Waals surface area (Å²) < 4.78 is 13.1. The molecule has 1 aliphatic heterocycles. The lowest BCUT2D eigenvalue weighted by Crippen LogP contribution is -2.06. The molecule has 22 heavy (non-hydrogen) atoms. The predicted molar refractivity (Wildman–Crippen MR) is 86.9 cm³/mol. The molecule has 2 N–H and O–H groups in total. The van der Waals surface area contributed by atoms with Gasteiger partial charge in [0.25, 0.3) is 0 Å². The number of nitrogens with zero attached hydrogens (tertiary/aromatic N) is 2. The molecular formula is C16H17N3O2S. The minimum atomic E-state index is 0.283. The van der Waals surface area contributed by atoms with Crippen molar-refractivity contribution in [3.05, 3.63) is 34.5 Å². The van der Waals surface area contributed by atoms with Crippen LogP contribution in [0.2, 0.25) is 0 Å². The Balaban J connectivity index is 1.92. The number of thiazole rings is 1. The van der Waals surface area contributed by atoms with E-state index in [0.717, 1.165) is 34.1 Å². The van der Waals surface area contributed by atoms with E-state index in [1.54, 1.807) is 11.3 Å². The fourth-order valence-electron chi connectivity index (χ4n) is 2.86. The maximum absolute atomic E-state index is 5.82. The first-order chi connectivity index (χ1) is 10.7. The third-order valence-corrected chi connectivity index (χ3v) is 5.12. The number of aryl methyl sites for hydroxylation is 2. The highest BCUT2D eigenvalue weighted by Gasteiger charge is 2.20. The Morgan fingerprint density at radius 2 is 2.09 bits per heavy atom. The van der Waals surface area contributed by atoms with Crippen LogP contribution in [0.4, 0.5) is 0 Å². The maximum Gasteiger partial charge on any atom is 0.231 e. The zero-order valence-electron chi connectivity index (χ0n) is 12.5. The zero-order chi connectivity index (χ0) is 15.3. The van der Waals surface area contributed by atoms with E-state index in [4.69, 9.17) is 20.2 Å². The molecule has 0 unspecified atom stereocenters. The summed E-state index contributed by atoms with van der Waals surface area (Å²) in [5.41, 5.74) is 10.3. The number of imidazole rings is 1. The standard InChI is InChI=1S/C16H17N3O2S/c1-9-10(2)22-16-18-15(12(5-6-17)19(9)16)11-3-4-13-14(7-11)21-8-20-13/h3-4,7H,5-6,8,17H2,1-2H3. The van der Waals surface area contributed by atoms with Gasteiger partial charge in [0.2, 0.25) is 6.79 Å². The number of hydrogen-bond acceptors (Lipinski definition) is 5. The molecule has 0 radical (unpaired) electrons. The predicted octanol–water partition coefficient (Wildman–Crippen LogP) is 2.91. The maximum atomic E-state index is 5.82. The molecular weight excluding hydrogens is 298 g/mol. The van der Waals surface area contributed by atoms with Crippen molar-refractivity contribution < 1.29 is 9.47 Å². The molecule has 3 aromatic rings. The zero-order valence-corrected chi connectivity index (χ0v) is 13.4. The first-order valence-corrected chi connectivity index (χ1v) is 8.08. The third kappa shape index (κ3) is 1.91. The molecule has 1 aliphatic rings. The Kier molecular flexibility index (Phi) is 3.09. The number of rotatable bonds is 3. The summed E-state index contributed by atoms with van der Waals surface area (Å²) in [7, 11) is 0. The van der Waals surface area contributed by atoms with Gasteiger partial charge in [0.05, 0.1) is 11.4 Å². The largest absolute Gasteiger partial charge is 0.454 e. The van der Waals surface area contributed by atoms with Gasteiger partial charge in [-0.3, -0.25) is 4.40 Å². The van der Waals surface area contributed by atoms with Crippen LogP contribution in [0.1, 0.15) is 16.3 Å². The van der Waals surface area contributed by atoms with E-state index in [0.29, 0.717) is 6.54 Å². The number of benzene rings is 1. The topological polar surface area (TPSA) is 61.8 Å². The van der Waals surface area contributed by atoms with Crippen molar-refractivity contribution in [3.8, 4) is 22.8 Å². The number of aromatic nitrogens is 2. The van der Waals surface area contributed by atoms with Gasteiger partial charge in [-0.15, -0.1) is 11.3 Å². The summed E-state index contributed by atoms with van der Waals surface area (Å²) in [6, 6.07) is 5.97. The van der Waals surface area contributed by atoms with E-state index in [-0.39, 0.29) is 6.79 Å². The molecule has 0 saturated carbocycles. The van der Waals surface area contributed by atoms with Crippen LogP contribution in [-0.2, 0) is 6.42 Å². The fourth-order valence-corrected chi connectivity index (χ4v) is 3.84. The van der Waals surface area contributed by atoms with Crippen molar-refractivity contribution in [2.45, 2.75) is 20.3 Å². The van der Waals surface area contributed by atoms with Crippen LogP contribution in [0.3, 0.4) is 0 Å². The Morgan fingerprint density at radius 1 is 1.27 bits per heavy atom. The molecule has 0 amide bonds. The van der Waals surface area contributed by atoms with E-state index in [9.17, 15) is 0 Å². The van der Waals surface area contributed by atoms with Gasteiger partial charge in [-0.1, -0.05) is 0 Å². The molecule has 0 spiro atoms. The van der Waals surface area contributed by atoms with Crippen LogP contribution in [0, 0.1) is 13.8 Å². The Bertz CT molecular complexity index is 866. The van der Waals surface area contributed by atoms with Gasteiger partial charge in [0.15, 0.2) is 16.5 Å². The van der Waals surface area contributed by atoms with Crippen molar-refractivity contribution in [1.82, 2.24) is 9.38 Å². The average Bonchev–Trinajstić information content (AvgIpc) is 3.17. The van der Waals surface area contributed by atoms with Gasteiger partial charge in [0.1, 0.15) is 0 Å². The van der Waals surface area contributed by atoms with Crippen LogP contribution in [0.25, 0.3) is 16.2 Å². The molecule has 2 aromatic heterocycles. The van der Waals surface area contributed by atoms with Gasteiger partial charge in [-0.2, -0.15) is 0 Å². The van der Waals surface area contributed by atoms with E-state index in [2.05, 4.69) is 18.2 Å². The Labute approximate surface area is 132 Å². The SMILES string of the molecule is Cc1sc2nc(-c3ccc4c(c3)OCO4)c(CCN)n2c1C. The first kappa shape index (κ1) is 13.6. The second kappa shape index (κ2) is 5.00. The molecule has 0 bridgehead atoms. The molecule has 5 nitrogen and oxygen atoms in total. The van der Waals surface area contributed by atoms with Gasteiger partial charge in [0, 0.05) is 22.6 Å².